The largest absolute Gasteiger partial charge is 0.506 e. The molecule has 0 saturated heterocycles. The third-order valence-electron chi connectivity index (χ3n) is 3.87. The lowest BCUT2D eigenvalue weighted by atomic mass is 10.1. The molecule has 0 heterocycles. The molecule has 31 heavy (non-hydrogen) atoms. The quantitative estimate of drug-likeness (QED) is 0.323. The van der Waals surface area contributed by atoms with E-state index in [1.54, 1.807) is 6.08 Å². The van der Waals surface area contributed by atoms with Crippen LogP contribution in [0, 0.1) is 0 Å². The maximum Gasteiger partial charge on any atom is 0.416 e. The van der Waals surface area contributed by atoms with E-state index in [4.69, 9.17) is 0 Å². The van der Waals surface area contributed by atoms with Gasteiger partial charge in [-0.2, -0.15) is 13.2 Å². The molecule has 0 bridgehead atoms. The first-order valence-electron chi connectivity index (χ1n) is 10.1. The molecule has 0 fully saturated rings. The van der Waals surface area contributed by atoms with Gasteiger partial charge >= 0.3 is 6.18 Å². The zero-order valence-corrected chi connectivity index (χ0v) is 18.3. The van der Waals surface area contributed by atoms with Gasteiger partial charge in [0.1, 0.15) is 11.4 Å². The van der Waals surface area contributed by atoms with E-state index in [9.17, 15) is 18.3 Å². The van der Waals surface area contributed by atoms with E-state index in [0.29, 0.717) is 12.5 Å². The number of rotatable bonds is 4. The first kappa shape index (κ1) is 26.0. The Hall–Kier alpha value is -2.99. The molecule has 0 amide bonds. The van der Waals surface area contributed by atoms with Crippen LogP contribution in [-0.2, 0) is 11.0 Å². The topological polar surface area (TPSA) is 41.5 Å². The third kappa shape index (κ3) is 8.72. The molecule has 0 atom stereocenters. The minimum atomic E-state index is -4.50. The first-order chi connectivity index (χ1) is 14.8. The van der Waals surface area contributed by atoms with Crippen LogP contribution >= 0.6 is 0 Å². The van der Waals surface area contributed by atoms with Crippen LogP contribution in [0.5, 0.6) is 5.75 Å². The smallest absolute Gasteiger partial charge is 0.416 e. The standard InChI is InChI=1S/C12H14F3NO2.C10H8.C3H8/c1-3-4-5-8-6-9(12(13,14)15)7-10(17)11(8)16-18-2;1-2-6-10-8-4-3-7-9(10)5-1;1-3-2/h4-7,16-17H,3H2,1-2H3;1-8H;3H2,1-2H3/b5-4-;;. The average molecular weight is 434 g/mol. The summed E-state index contributed by atoms with van der Waals surface area (Å²) in [4.78, 5) is 4.63. The van der Waals surface area contributed by atoms with Crippen molar-refractivity contribution in [2.45, 2.75) is 39.8 Å². The van der Waals surface area contributed by atoms with Gasteiger partial charge in [-0.3, -0.25) is 10.3 Å². The van der Waals surface area contributed by atoms with Crippen LogP contribution in [-0.4, -0.2) is 12.2 Å². The molecular formula is C25H30F3NO2. The number of allylic oxidation sites excluding steroid dienone is 1. The highest BCUT2D eigenvalue weighted by Gasteiger charge is 2.32. The number of hydrogen-bond donors (Lipinski definition) is 2. The van der Waals surface area contributed by atoms with Crippen LogP contribution in [0.3, 0.4) is 0 Å². The Bertz CT molecular complexity index is 888. The molecule has 3 aromatic carbocycles. The molecule has 0 aliphatic rings. The number of phenolic OH excluding ortho intramolecular Hbond substituents is 1. The fraction of sp³-hybridized carbons (Fsp3) is 0.280. The number of benzene rings is 3. The van der Waals surface area contributed by atoms with Crippen molar-refractivity contribution in [1.82, 2.24) is 0 Å². The maximum absolute atomic E-state index is 12.6. The van der Waals surface area contributed by atoms with Crippen molar-refractivity contribution in [3.8, 4) is 5.75 Å². The van der Waals surface area contributed by atoms with E-state index < -0.39 is 17.5 Å². The van der Waals surface area contributed by atoms with Gasteiger partial charge in [0.25, 0.3) is 0 Å². The molecule has 3 nitrogen and oxygen atoms in total. The molecule has 0 spiro atoms. The average Bonchev–Trinajstić information content (AvgIpc) is 2.74. The van der Waals surface area contributed by atoms with Gasteiger partial charge in [0.2, 0.25) is 0 Å². The van der Waals surface area contributed by atoms with Crippen LogP contribution in [0.15, 0.2) is 66.7 Å². The molecule has 0 saturated carbocycles. The third-order valence-corrected chi connectivity index (χ3v) is 3.87. The molecule has 0 aromatic heterocycles. The number of aromatic hydroxyl groups is 1. The van der Waals surface area contributed by atoms with Crippen molar-refractivity contribution >= 4 is 22.5 Å². The molecule has 0 aliphatic carbocycles. The van der Waals surface area contributed by atoms with Crippen LogP contribution in [0.25, 0.3) is 16.8 Å². The van der Waals surface area contributed by atoms with Gasteiger partial charge in [0.05, 0.1) is 12.7 Å². The Labute approximate surface area is 182 Å². The zero-order chi connectivity index (χ0) is 23.3. The summed E-state index contributed by atoms with van der Waals surface area (Å²) in [6.07, 6.45) is 0.605. The van der Waals surface area contributed by atoms with E-state index in [-0.39, 0.29) is 11.3 Å². The summed E-state index contributed by atoms with van der Waals surface area (Å²) >= 11 is 0. The minimum Gasteiger partial charge on any atom is -0.506 e. The van der Waals surface area contributed by atoms with Gasteiger partial charge in [-0.15, -0.1) is 0 Å². The van der Waals surface area contributed by atoms with Crippen molar-refractivity contribution in [1.29, 1.82) is 0 Å². The second-order valence-electron chi connectivity index (χ2n) is 6.63. The molecule has 0 unspecified atom stereocenters. The summed E-state index contributed by atoms with van der Waals surface area (Å²) in [7, 11) is 1.31. The van der Waals surface area contributed by atoms with Gasteiger partial charge in [-0.05, 0) is 29.3 Å². The number of phenols is 1. The molecule has 6 heteroatoms. The highest BCUT2D eigenvalue weighted by atomic mass is 19.4. The van der Waals surface area contributed by atoms with E-state index in [1.165, 1.54) is 30.4 Å². The van der Waals surface area contributed by atoms with Crippen LogP contribution in [0.1, 0.15) is 44.7 Å². The molecule has 0 aliphatic heterocycles. The molecule has 3 aromatic rings. The predicted molar refractivity (Wildman–Crippen MR) is 123 cm³/mol. The molecular weight excluding hydrogens is 403 g/mol. The van der Waals surface area contributed by atoms with E-state index in [0.717, 1.165) is 6.07 Å². The second-order valence-corrected chi connectivity index (χ2v) is 6.63. The van der Waals surface area contributed by atoms with Gasteiger partial charge < -0.3 is 5.11 Å². The number of alkyl halides is 3. The lowest BCUT2D eigenvalue weighted by molar-refractivity contribution is -0.137. The Morgan fingerprint density at radius 3 is 1.81 bits per heavy atom. The highest BCUT2D eigenvalue weighted by Crippen LogP contribution is 2.37. The van der Waals surface area contributed by atoms with Crippen molar-refractivity contribution < 1.29 is 23.1 Å². The number of fused-ring (bicyclic) bond motifs is 1. The zero-order valence-electron chi connectivity index (χ0n) is 18.3. The summed E-state index contributed by atoms with van der Waals surface area (Å²) in [5.74, 6) is -0.512. The minimum absolute atomic E-state index is 0.107. The second kappa shape index (κ2) is 13.3. The van der Waals surface area contributed by atoms with Gasteiger partial charge in [-0.25, -0.2) is 0 Å². The normalized spacial score (nSPS) is 10.8. The number of hydrogen-bond acceptors (Lipinski definition) is 3. The summed E-state index contributed by atoms with van der Waals surface area (Å²) in [6, 6.07) is 18.3. The van der Waals surface area contributed by atoms with E-state index in [2.05, 4.69) is 72.7 Å². The number of halogens is 3. The highest BCUT2D eigenvalue weighted by molar-refractivity contribution is 5.82. The first-order valence-corrected chi connectivity index (χ1v) is 10.1. The van der Waals surface area contributed by atoms with Crippen molar-refractivity contribution in [3.05, 3.63) is 77.9 Å². The summed E-state index contributed by atoms with van der Waals surface area (Å²) in [6.45, 7) is 6.10. The monoisotopic (exact) mass is 433 g/mol. The van der Waals surface area contributed by atoms with Crippen molar-refractivity contribution in [2.24, 2.45) is 0 Å². The van der Waals surface area contributed by atoms with E-state index >= 15 is 0 Å². The molecule has 3 rings (SSSR count). The molecule has 0 radical (unpaired) electrons. The Morgan fingerprint density at radius 1 is 0.935 bits per heavy atom. The Morgan fingerprint density at radius 2 is 1.42 bits per heavy atom. The Balaban J connectivity index is 0.000000307. The van der Waals surface area contributed by atoms with Crippen molar-refractivity contribution in [2.75, 3.05) is 12.6 Å². The number of anilines is 1. The maximum atomic E-state index is 12.6. The SMILES string of the molecule is CC/C=C\c1cc(C(F)(F)F)cc(O)c1NOC.CCC.c1ccc2ccccc2c1. The lowest BCUT2D eigenvalue weighted by Gasteiger charge is -2.14. The van der Waals surface area contributed by atoms with Crippen LogP contribution in [0.2, 0.25) is 0 Å². The van der Waals surface area contributed by atoms with Crippen LogP contribution < -0.4 is 5.48 Å². The summed E-state index contributed by atoms with van der Waals surface area (Å²) < 4.78 is 37.8. The Kier molecular flexibility index (Phi) is 11.2. The van der Waals surface area contributed by atoms with Crippen molar-refractivity contribution in [3.63, 3.8) is 0 Å². The summed E-state index contributed by atoms with van der Waals surface area (Å²) in [5.41, 5.74) is 1.78. The molecule has 168 valence electrons. The van der Waals surface area contributed by atoms with Gasteiger partial charge in [0.15, 0.2) is 0 Å². The fourth-order valence-electron chi connectivity index (χ4n) is 2.53. The predicted octanol–water partition coefficient (Wildman–Crippen LogP) is 8.06. The molecule has 2 N–H and O–H groups in total. The lowest BCUT2D eigenvalue weighted by Crippen LogP contribution is -2.07. The van der Waals surface area contributed by atoms with Gasteiger partial charge in [0, 0.05) is 5.56 Å². The van der Waals surface area contributed by atoms with E-state index in [1.807, 2.05) is 6.92 Å². The van der Waals surface area contributed by atoms with Gasteiger partial charge in [-0.1, -0.05) is 87.9 Å². The van der Waals surface area contributed by atoms with Crippen LogP contribution in [0.4, 0.5) is 18.9 Å². The number of nitrogens with one attached hydrogen (secondary N) is 1. The fourth-order valence-corrected chi connectivity index (χ4v) is 2.53. The summed E-state index contributed by atoms with van der Waals surface area (Å²) in [5, 5.41) is 12.2.